The van der Waals surface area contributed by atoms with Crippen LogP contribution >= 0.6 is 0 Å². The Morgan fingerprint density at radius 2 is 2.06 bits per heavy atom. The highest BCUT2D eigenvalue weighted by atomic mass is 16.5. The van der Waals surface area contributed by atoms with Crippen LogP contribution < -0.4 is 5.73 Å². The molecule has 0 atom stereocenters. The molecule has 0 saturated carbocycles. The molecule has 0 aliphatic heterocycles. The number of aromatic nitrogens is 2. The molecule has 0 aliphatic rings. The standard InChI is InChI=1S/C12H15N3O/c1-4-11-14-12(16-15-11)10-6-9(13)5-7(2)8(10)3/h5-6H,4,13H2,1-3H3. The van der Waals surface area contributed by atoms with E-state index >= 15 is 0 Å². The molecule has 1 aromatic heterocycles. The first-order valence-corrected chi connectivity index (χ1v) is 5.31. The monoisotopic (exact) mass is 217 g/mol. The molecule has 4 heteroatoms. The van der Waals surface area contributed by atoms with Crippen molar-refractivity contribution < 1.29 is 4.52 Å². The maximum atomic E-state index is 5.82. The molecule has 0 fully saturated rings. The van der Waals surface area contributed by atoms with Crippen molar-refractivity contribution in [2.45, 2.75) is 27.2 Å². The van der Waals surface area contributed by atoms with Crippen LogP contribution in [-0.4, -0.2) is 10.1 Å². The van der Waals surface area contributed by atoms with Crippen LogP contribution in [-0.2, 0) is 6.42 Å². The maximum Gasteiger partial charge on any atom is 0.258 e. The third kappa shape index (κ3) is 1.78. The fraction of sp³-hybridized carbons (Fsp3) is 0.333. The highest BCUT2D eigenvalue weighted by Gasteiger charge is 2.12. The summed E-state index contributed by atoms with van der Waals surface area (Å²) in [4.78, 5) is 4.31. The molecule has 0 spiro atoms. The first-order valence-electron chi connectivity index (χ1n) is 5.31. The molecule has 0 unspecified atom stereocenters. The Labute approximate surface area is 94.5 Å². The largest absolute Gasteiger partial charge is 0.399 e. The number of anilines is 1. The highest BCUT2D eigenvalue weighted by molar-refractivity contribution is 5.66. The van der Waals surface area contributed by atoms with Crippen LogP contribution in [0.2, 0.25) is 0 Å². The lowest BCUT2D eigenvalue weighted by atomic mass is 10.0. The van der Waals surface area contributed by atoms with Gasteiger partial charge in [0.25, 0.3) is 5.89 Å². The molecular formula is C12H15N3O. The number of benzene rings is 1. The number of nitrogens with zero attached hydrogens (tertiary/aromatic N) is 2. The van der Waals surface area contributed by atoms with Crippen LogP contribution in [0.15, 0.2) is 16.7 Å². The lowest BCUT2D eigenvalue weighted by molar-refractivity contribution is 0.423. The van der Waals surface area contributed by atoms with E-state index in [9.17, 15) is 0 Å². The van der Waals surface area contributed by atoms with Crippen molar-refractivity contribution in [3.05, 3.63) is 29.1 Å². The summed E-state index contributed by atoms with van der Waals surface area (Å²) in [5.74, 6) is 1.26. The van der Waals surface area contributed by atoms with Gasteiger partial charge in [-0.1, -0.05) is 12.1 Å². The van der Waals surface area contributed by atoms with Gasteiger partial charge in [-0.05, 0) is 37.1 Å². The smallest absolute Gasteiger partial charge is 0.258 e. The summed E-state index contributed by atoms with van der Waals surface area (Å²) in [6.45, 7) is 6.04. The van der Waals surface area contributed by atoms with E-state index in [2.05, 4.69) is 10.1 Å². The summed E-state index contributed by atoms with van der Waals surface area (Å²) < 4.78 is 5.22. The van der Waals surface area contributed by atoms with Crippen LogP contribution in [0, 0.1) is 13.8 Å². The molecule has 0 aliphatic carbocycles. The second kappa shape index (κ2) is 3.96. The molecule has 0 radical (unpaired) electrons. The van der Waals surface area contributed by atoms with Gasteiger partial charge in [-0.25, -0.2) is 0 Å². The molecule has 1 aromatic carbocycles. The van der Waals surface area contributed by atoms with Crippen molar-refractivity contribution in [1.29, 1.82) is 0 Å². The summed E-state index contributed by atoms with van der Waals surface area (Å²) in [6.07, 6.45) is 0.768. The van der Waals surface area contributed by atoms with Crippen molar-refractivity contribution >= 4 is 5.69 Å². The van der Waals surface area contributed by atoms with E-state index in [4.69, 9.17) is 10.3 Å². The lowest BCUT2D eigenvalue weighted by Crippen LogP contribution is -1.93. The number of hydrogen-bond acceptors (Lipinski definition) is 4. The van der Waals surface area contributed by atoms with Gasteiger partial charge in [-0.15, -0.1) is 0 Å². The Balaban J connectivity index is 2.54. The second-order valence-electron chi connectivity index (χ2n) is 3.88. The third-order valence-corrected chi connectivity index (χ3v) is 2.70. The molecule has 84 valence electrons. The van der Waals surface area contributed by atoms with Crippen molar-refractivity contribution in [2.24, 2.45) is 0 Å². The molecule has 2 rings (SSSR count). The zero-order chi connectivity index (χ0) is 11.7. The SMILES string of the molecule is CCc1noc(-c2cc(N)cc(C)c2C)n1. The summed E-state index contributed by atoms with van der Waals surface area (Å²) in [5.41, 5.74) is 9.71. The molecule has 2 N–H and O–H groups in total. The van der Waals surface area contributed by atoms with Crippen molar-refractivity contribution in [3.8, 4) is 11.5 Å². The molecule has 16 heavy (non-hydrogen) atoms. The minimum absolute atomic E-state index is 0.546. The van der Waals surface area contributed by atoms with Crippen LogP contribution in [0.4, 0.5) is 5.69 Å². The van der Waals surface area contributed by atoms with E-state index in [1.165, 1.54) is 0 Å². The van der Waals surface area contributed by atoms with Crippen molar-refractivity contribution in [1.82, 2.24) is 10.1 Å². The van der Waals surface area contributed by atoms with E-state index in [1.807, 2.05) is 32.9 Å². The highest BCUT2D eigenvalue weighted by Crippen LogP contribution is 2.26. The predicted octanol–water partition coefficient (Wildman–Crippen LogP) is 2.50. The van der Waals surface area contributed by atoms with Gasteiger partial charge in [0.05, 0.1) is 0 Å². The number of nitrogens with two attached hydrogens (primary N) is 1. The van der Waals surface area contributed by atoms with Crippen LogP contribution in [0.5, 0.6) is 0 Å². The minimum atomic E-state index is 0.546. The van der Waals surface area contributed by atoms with Gasteiger partial charge in [0.1, 0.15) is 0 Å². The van der Waals surface area contributed by atoms with E-state index in [-0.39, 0.29) is 0 Å². The zero-order valence-corrected chi connectivity index (χ0v) is 9.74. The van der Waals surface area contributed by atoms with Gasteiger partial charge in [-0.2, -0.15) is 4.98 Å². The molecule has 0 bridgehead atoms. The molecular weight excluding hydrogens is 202 g/mol. The number of nitrogen functional groups attached to an aromatic ring is 1. The van der Waals surface area contributed by atoms with E-state index < -0.39 is 0 Å². The fourth-order valence-electron chi connectivity index (χ4n) is 1.62. The Morgan fingerprint density at radius 1 is 1.31 bits per heavy atom. The van der Waals surface area contributed by atoms with Crippen LogP contribution in [0.25, 0.3) is 11.5 Å². The average molecular weight is 217 g/mol. The molecule has 0 amide bonds. The summed E-state index contributed by atoms with van der Waals surface area (Å²) in [7, 11) is 0. The van der Waals surface area contributed by atoms with Gasteiger partial charge in [0.2, 0.25) is 0 Å². The van der Waals surface area contributed by atoms with Crippen LogP contribution in [0.3, 0.4) is 0 Å². The normalized spacial score (nSPS) is 10.7. The first-order chi connectivity index (χ1) is 7.61. The molecule has 1 heterocycles. The fourth-order valence-corrected chi connectivity index (χ4v) is 1.62. The van der Waals surface area contributed by atoms with Gasteiger partial charge in [0.15, 0.2) is 5.82 Å². The van der Waals surface area contributed by atoms with Gasteiger partial charge in [0, 0.05) is 17.7 Å². The third-order valence-electron chi connectivity index (χ3n) is 2.70. The minimum Gasteiger partial charge on any atom is -0.399 e. The Kier molecular flexibility index (Phi) is 2.64. The van der Waals surface area contributed by atoms with Gasteiger partial charge < -0.3 is 10.3 Å². The summed E-state index contributed by atoms with van der Waals surface area (Å²) >= 11 is 0. The van der Waals surface area contributed by atoms with Crippen molar-refractivity contribution in [2.75, 3.05) is 5.73 Å². The molecule has 4 nitrogen and oxygen atoms in total. The Hall–Kier alpha value is -1.84. The first kappa shape index (κ1) is 10.7. The Bertz CT molecular complexity index is 517. The summed E-state index contributed by atoms with van der Waals surface area (Å²) in [6, 6.07) is 3.81. The number of aryl methyl sites for hydroxylation is 2. The molecule has 2 aromatic rings. The average Bonchev–Trinajstić information content (AvgIpc) is 2.71. The summed E-state index contributed by atoms with van der Waals surface area (Å²) in [5, 5.41) is 3.88. The Morgan fingerprint density at radius 3 is 2.69 bits per heavy atom. The number of rotatable bonds is 2. The van der Waals surface area contributed by atoms with E-state index in [1.54, 1.807) is 0 Å². The number of hydrogen-bond donors (Lipinski definition) is 1. The van der Waals surface area contributed by atoms with Gasteiger partial charge >= 0.3 is 0 Å². The van der Waals surface area contributed by atoms with E-state index in [0.717, 1.165) is 28.9 Å². The maximum absolute atomic E-state index is 5.82. The molecule has 0 saturated heterocycles. The predicted molar refractivity (Wildman–Crippen MR) is 63.0 cm³/mol. The topological polar surface area (TPSA) is 64.9 Å². The lowest BCUT2D eigenvalue weighted by Gasteiger charge is -2.06. The second-order valence-corrected chi connectivity index (χ2v) is 3.88. The van der Waals surface area contributed by atoms with Crippen LogP contribution in [0.1, 0.15) is 23.9 Å². The van der Waals surface area contributed by atoms with Crippen molar-refractivity contribution in [3.63, 3.8) is 0 Å². The quantitative estimate of drug-likeness (QED) is 0.785. The van der Waals surface area contributed by atoms with Gasteiger partial charge in [-0.3, -0.25) is 0 Å². The zero-order valence-electron chi connectivity index (χ0n) is 9.74. The van der Waals surface area contributed by atoms with E-state index in [0.29, 0.717) is 11.6 Å².